The molecule has 0 aliphatic heterocycles. The van der Waals surface area contributed by atoms with Gasteiger partial charge in [-0.25, -0.2) is 0 Å². The number of nitrogens with zero attached hydrogens (tertiary/aromatic N) is 2. The molecule has 58 valence electrons. The van der Waals surface area contributed by atoms with Crippen LogP contribution in [0.25, 0.3) is 0 Å². The van der Waals surface area contributed by atoms with Crippen LogP contribution in [0.2, 0.25) is 0 Å². The van der Waals surface area contributed by atoms with Gasteiger partial charge in [0.25, 0.3) is 0 Å². The van der Waals surface area contributed by atoms with Crippen molar-refractivity contribution in [1.29, 1.82) is 0 Å². The Kier molecular flexibility index (Phi) is 1.45. The molecule has 0 amide bonds. The molecule has 0 saturated heterocycles. The molecular weight excluding hydrogens is 307 g/mol. The van der Waals surface area contributed by atoms with Crippen molar-refractivity contribution in [3.63, 3.8) is 0 Å². The minimum atomic E-state index is 0.814. The zero-order chi connectivity index (χ0) is 7.14. The first-order valence-corrected chi connectivity index (χ1v) is 4.61. The van der Waals surface area contributed by atoms with E-state index in [0.717, 1.165) is 6.04 Å². The van der Waals surface area contributed by atoms with Crippen LogP contribution in [0.1, 0.15) is 18.9 Å². The molecule has 0 radical (unpaired) electrons. The van der Waals surface area contributed by atoms with Gasteiger partial charge in [0, 0.05) is 0 Å². The Balaban J connectivity index is 2.50. The number of hydrogen-bond acceptors (Lipinski definition) is 0. The molecule has 2 rings (SSSR count). The van der Waals surface area contributed by atoms with Crippen LogP contribution in [-0.2, 0) is 26.4 Å². The average molecular weight is 317 g/mol. The van der Waals surface area contributed by atoms with Gasteiger partial charge in [-0.15, -0.1) is 0 Å². The number of aryl methyl sites for hydroxylation is 1. The van der Waals surface area contributed by atoms with Crippen LogP contribution in [-0.4, -0.2) is 9.13 Å². The van der Waals surface area contributed by atoms with Crippen molar-refractivity contribution in [3.05, 3.63) is 16.2 Å². The first-order valence-electron chi connectivity index (χ1n) is 3.48. The Morgan fingerprint density at radius 1 is 1.50 bits per heavy atom. The molecule has 1 saturated carbocycles. The summed E-state index contributed by atoms with van der Waals surface area (Å²) in [6.07, 6.45) is 7.01. The van der Waals surface area contributed by atoms with Crippen molar-refractivity contribution >= 4 is 0 Å². The molecule has 1 aromatic rings. The van der Waals surface area contributed by atoms with Gasteiger partial charge in [-0.05, 0) is 0 Å². The van der Waals surface area contributed by atoms with Crippen molar-refractivity contribution in [2.75, 3.05) is 0 Å². The molecule has 1 heterocycles. The van der Waals surface area contributed by atoms with Crippen molar-refractivity contribution in [3.8, 4) is 0 Å². The van der Waals surface area contributed by atoms with Crippen molar-refractivity contribution in [1.82, 2.24) is 9.13 Å². The Hall–Kier alpha value is -0.102. The van der Waals surface area contributed by atoms with Gasteiger partial charge < -0.3 is 0 Å². The zero-order valence-electron chi connectivity index (χ0n) is 5.86. The predicted octanol–water partition coefficient (Wildman–Crippen LogP) is 1.24. The van der Waals surface area contributed by atoms with E-state index in [1.807, 2.05) is 0 Å². The Labute approximate surface area is 70.9 Å². The molecule has 1 aliphatic carbocycles. The quantitative estimate of drug-likeness (QED) is 0.738. The van der Waals surface area contributed by atoms with Gasteiger partial charge in [-0.2, -0.15) is 0 Å². The minimum absolute atomic E-state index is 0.814. The first-order chi connectivity index (χ1) is 4.79. The number of hydrogen-bond donors (Lipinski definition) is 0. The third kappa shape index (κ3) is 0.949. The Morgan fingerprint density at radius 3 is 2.60 bits per heavy atom. The molecule has 0 aromatic carbocycles. The normalized spacial score (nSPS) is 17.9. The molecule has 1 aliphatic rings. The van der Waals surface area contributed by atoms with Gasteiger partial charge in [0.2, 0.25) is 0 Å². The summed E-state index contributed by atoms with van der Waals surface area (Å²) in [7, 11) is 2.08. The summed E-state index contributed by atoms with van der Waals surface area (Å²) < 4.78 is 5.84. The zero-order valence-corrected chi connectivity index (χ0v) is 8.13. The van der Waals surface area contributed by atoms with Gasteiger partial charge in [0.1, 0.15) is 0 Å². The van der Waals surface area contributed by atoms with Crippen molar-refractivity contribution in [2.45, 2.75) is 18.9 Å². The van der Waals surface area contributed by atoms with Crippen LogP contribution in [0.5, 0.6) is 0 Å². The maximum absolute atomic E-state index is 2.37. The third-order valence-electron chi connectivity index (χ3n) is 1.86. The standard InChI is InChI=1S/C7H10N2.Pt/c1-8-4-5-9(6-8)7-2-3-7;/h4-5,7H,2-3H2,1H3;. The second kappa shape index (κ2) is 2.20. The van der Waals surface area contributed by atoms with E-state index in [1.165, 1.54) is 16.6 Å². The van der Waals surface area contributed by atoms with Gasteiger partial charge in [0.15, 0.2) is 0 Å². The van der Waals surface area contributed by atoms with Crippen LogP contribution < -0.4 is 0 Å². The van der Waals surface area contributed by atoms with E-state index in [-0.39, 0.29) is 0 Å². The molecule has 1 fully saturated rings. The molecule has 3 heteroatoms. The fraction of sp³-hybridized carbons (Fsp3) is 0.571. The topological polar surface area (TPSA) is 9.86 Å². The fourth-order valence-electron chi connectivity index (χ4n) is 1.08. The SMILES string of the molecule is Cn1ccn(C2CC2)[c]1=[Pt]. The van der Waals surface area contributed by atoms with Crippen molar-refractivity contribution in [2.24, 2.45) is 7.05 Å². The first kappa shape index (κ1) is 6.60. The van der Waals surface area contributed by atoms with E-state index in [0.29, 0.717) is 0 Å². The van der Waals surface area contributed by atoms with E-state index < -0.39 is 0 Å². The van der Waals surface area contributed by atoms with E-state index in [4.69, 9.17) is 0 Å². The van der Waals surface area contributed by atoms with E-state index in [1.54, 1.807) is 0 Å². The van der Waals surface area contributed by atoms with E-state index in [9.17, 15) is 0 Å². The molecule has 0 bridgehead atoms. The molecule has 1 aromatic heterocycles. The number of aromatic nitrogens is 2. The summed E-state index contributed by atoms with van der Waals surface area (Å²) in [6.45, 7) is 0. The van der Waals surface area contributed by atoms with E-state index >= 15 is 0 Å². The van der Waals surface area contributed by atoms with Crippen LogP contribution in [0.3, 0.4) is 0 Å². The van der Waals surface area contributed by atoms with Gasteiger partial charge >= 0.3 is 70.6 Å². The number of rotatable bonds is 1. The Bertz CT molecular complexity index is 293. The molecule has 0 unspecified atom stereocenters. The van der Waals surface area contributed by atoms with Crippen LogP contribution in [0.4, 0.5) is 0 Å². The fourth-order valence-corrected chi connectivity index (χ4v) is 1.84. The van der Waals surface area contributed by atoms with Gasteiger partial charge in [0.05, 0.1) is 0 Å². The van der Waals surface area contributed by atoms with Crippen molar-refractivity contribution < 1.29 is 19.4 Å². The summed E-state index contributed by atoms with van der Waals surface area (Å²) in [5, 5.41) is 0. The second-order valence-electron chi connectivity index (χ2n) is 2.79. The summed E-state index contributed by atoms with van der Waals surface area (Å²) in [4.78, 5) is 0. The molecular formula is C7H10N2Pt. The van der Waals surface area contributed by atoms with Gasteiger partial charge in [-0.1, -0.05) is 0 Å². The molecule has 0 N–H and O–H groups in total. The Morgan fingerprint density at radius 2 is 2.20 bits per heavy atom. The molecule has 2 nitrogen and oxygen atoms in total. The summed E-state index contributed by atoms with van der Waals surface area (Å²) in [5.74, 6) is 0. The molecule has 0 atom stereocenters. The van der Waals surface area contributed by atoms with Crippen LogP contribution in [0.15, 0.2) is 12.4 Å². The second-order valence-corrected chi connectivity index (χ2v) is 3.81. The van der Waals surface area contributed by atoms with Crippen LogP contribution >= 0.6 is 0 Å². The third-order valence-corrected chi connectivity index (χ3v) is 3.25. The van der Waals surface area contributed by atoms with E-state index in [2.05, 4.69) is 47.9 Å². The van der Waals surface area contributed by atoms with Gasteiger partial charge in [-0.3, -0.25) is 0 Å². The summed E-state index contributed by atoms with van der Waals surface area (Å²) in [6, 6.07) is 0.814. The molecule has 10 heavy (non-hydrogen) atoms. The maximum atomic E-state index is 2.37. The predicted molar refractivity (Wildman–Crippen MR) is 34.9 cm³/mol. The number of imidazole rings is 1. The summed E-state index contributed by atoms with van der Waals surface area (Å²) >= 11 is 2.37. The summed E-state index contributed by atoms with van der Waals surface area (Å²) in [5.41, 5.74) is 0. The average Bonchev–Trinajstić information content (AvgIpc) is 2.67. The molecule has 0 spiro atoms. The monoisotopic (exact) mass is 317 g/mol. The van der Waals surface area contributed by atoms with Crippen LogP contribution in [0, 0.1) is 3.80 Å².